The third kappa shape index (κ3) is 3.86. The molecule has 1 aromatic rings. The number of hydrogen-bond acceptors (Lipinski definition) is 5. The summed E-state index contributed by atoms with van der Waals surface area (Å²) in [6.45, 7) is 0.933. The molecule has 0 radical (unpaired) electrons. The van der Waals surface area contributed by atoms with Crippen molar-refractivity contribution < 1.29 is 14.5 Å². The summed E-state index contributed by atoms with van der Waals surface area (Å²) in [5, 5.41) is 13.6. The largest absolute Gasteiger partial charge is 0.378 e. The van der Waals surface area contributed by atoms with E-state index in [4.69, 9.17) is 23.2 Å². The van der Waals surface area contributed by atoms with Crippen molar-refractivity contribution in [1.29, 1.82) is 0 Å². The number of anilines is 1. The van der Waals surface area contributed by atoms with Crippen LogP contribution in [0.15, 0.2) is 18.2 Å². The number of hydrogen-bond donors (Lipinski definition) is 1. The number of nitrogens with one attached hydrogen (secondary N) is 1. The molecule has 1 heterocycles. The first-order chi connectivity index (χ1) is 10.4. The van der Waals surface area contributed by atoms with Crippen LogP contribution in [0.3, 0.4) is 0 Å². The highest BCUT2D eigenvalue weighted by Gasteiger charge is 2.33. The Kier molecular flexibility index (Phi) is 5.20. The summed E-state index contributed by atoms with van der Waals surface area (Å²) < 4.78 is 0. The lowest BCUT2D eigenvalue weighted by Gasteiger charge is -2.16. The molecule has 1 N–H and O–H groups in total. The lowest BCUT2D eigenvalue weighted by Crippen LogP contribution is -2.31. The summed E-state index contributed by atoms with van der Waals surface area (Å²) in [5.41, 5.74) is 0.195. The lowest BCUT2D eigenvalue weighted by atomic mass is 10.1. The maximum absolute atomic E-state index is 11.7. The van der Waals surface area contributed by atoms with E-state index in [0.717, 1.165) is 0 Å². The van der Waals surface area contributed by atoms with Gasteiger partial charge in [0.05, 0.1) is 10.8 Å². The fourth-order valence-electron chi connectivity index (χ4n) is 2.27. The summed E-state index contributed by atoms with van der Waals surface area (Å²) >= 11 is 11.1. The van der Waals surface area contributed by atoms with Gasteiger partial charge in [0.15, 0.2) is 0 Å². The average Bonchev–Trinajstić information content (AvgIpc) is 2.82. The molecule has 0 aliphatic carbocycles. The van der Waals surface area contributed by atoms with Crippen molar-refractivity contribution in [2.24, 2.45) is 5.92 Å². The van der Waals surface area contributed by atoms with E-state index in [0.29, 0.717) is 18.8 Å². The number of nitro groups is 1. The molecule has 2 rings (SSSR count). The third-order valence-corrected chi connectivity index (χ3v) is 3.93. The van der Waals surface area contributed by atoms with Crippen LogP contribution in [0, 0.1) is 16.0 Å². The third-order valence-electron chi connectivity index (χ3n) is 3.39. The maximum atomic E-state index is 11.7. The van der Waals surface area contributed by atoms with Gasteiger partial charge < -0.3 is 10.2 Å². The predicted octanol–water partition coefficient (Wildman–Crippen LogP) is 2.27. The molecule has 9 heteroatoms. The van der Waals surface area contributed by atoms with Crippen molar-refractivity contribution >= 4 is 45.7 Å². The van der Waals surface area contributed by atoms with Gasteiger partial charge in [0.25, 0.3) is 5.69 Å². The van der Waals surface area contributed by atoms with E-state index in [1.807, 2.05) is 0 Å². The lowest BCUT2D eigenvalue weighted by molar-refractivity contribution is -0.383. The Bertz CT molecular complexity index is 623. The Morgan fingerprint density at radius 3 is 2.82 bits per heavy atom. The van der Waals surface area contributed by atoms with Crippen molar-refractivity contribution in [1.82, 2.24) is 4.90 Å². The normalized spacial score (nSPS) is 17.6. The standard InChI is InChI=1S/C13H13Cl2N3O4/c14-9-1-2-10(11(6-9)18(21)22)16-3-4-17-7-8(13(15)20)5-12(17)19/h1-2,6,8,16H,3-5,7H2/t8-/m1/s1. The van der Waals surface area contributed by atoms with E-state index in [9.17, 15) is 19.7 Å². The summed E-state index contributed by atoms with van der Waals surface area (Å²) in [5.74, 6) is -0.620. The van der Waals surface area contributed by atoms with Crippen LogP contribution in [0.4, 0.5) is 11.4 Å². The maximum Gasteiger partial charge on any atom is 0.293 e. The quantitative estimate of drug-likeness (QED) is 0.485. The zero-order valence-corrected chi connectivity index (χ0v) is 12.9. The molecule has 1 fully saturated rings. The molecule has 0 aromatic heterocycles. The zero-order valence-electron chi connectivity index (χ0n) is 11.4. The molecule has 1 amide bonds. The van der Waals surface area contributed by atoms with Crippen molar-refractivity contribution in [3.8, 4) is 0 Å². The summed E-state index contributed by atoms with van der Waals surface area (Å²) in [7, 11) is 0. The highest BCUT2D eigenvalue weighted by atomic mass is 35.5. The molecule has 1 atom stereocenters. The van der Waals surface area contributed by atoms with Crippen LogP contribution >= 0.6 is 23.2 Å². The van der Waals surface area contributed by atoms with Gasteiger partial charge in [-0.3, -0.25) is 19.7 Å². The van der Waals surface area contributed by atoms with E-state index in [2.05, 4.69) is 5.32 Å². The minimum Gasteiger partial charge on any atom is -0.378 e. The topological polar surface area (TPSA) is 92.6 Å². The molecule has 1 saturated heterocycles. The SMILES string of the molecule is O=C(Cl)[C@@H]1CC(=O)N(CCNc2ccc(Cl)cc2[N+](=O)[O-])C1. The highest BCUT2D eigenvalue weighted by molar-refractivity contribution is 6.64. The molecule has 0 bridgehead atoms. The molecule has 0 spiro atoms. The van der Waals surface area contributed by atoms with Crippen molar-refractivity contribution in [2.45, 2.75) is 6.42 Å². The first kappa shape index (κ1) is 16.5. The van der Waals surface area contributed by atoms with Crippen LogP contribution in [0.5, 0.6) is 0 Å². The van der Waals surface area contributed by atoms with Gasteiger partial charge in [0, 0.05) is 37.1 Å². The van der Waals surface area contributed by atoms with E-state index in [-0.39, 0.29) is 29.6 Å². The van der Waals surface area contributed by atoms with E-state index in [1.165, 1.54) is 17.0 Å². The number of carbonyl (C=O) groups excluding carboxylic acids is 2. The minimum absolute atomic E-state index is 0.115. The average molecular weight is 346 g/mol. The number of halogens is 2. The van der Waals surface area contributed by atoms with Gasteiger partial charge >= 0.3 is 0 Å². The van der Waals surface area contributed by atoms with Crippen LogP contribution < -0.4 is 5.32 Å². The highest BCUT2D eigenvalue weighted by Crippen LogP contribution is 2.27. The van der Waals surface area contributed by atoms with E-state index >= 15 is 0 Å². The Morgan fingerprint density at radius 1 is 1.50 bits per heavy atom. The first-order valence-corrected chi connectivity index (χ1v) is 7.29. The molecule has 22 heavy (non-hydrogen) atoms. The number of amides is 1. The van der Waals surface area contributed by atoms with Gasteiger partial charge in [-0.2, -0.15) is 0 Å². The van der Waals surface area contributed by atoms with Crippen molar-refractivity contribution in [3.63, 3.8) is 0 Å². The van der Waals surface area contributed by atoms with Crippen LogP contribution in [0.1, 0.15) is 6.42 Å². The van der Waals surface area contributed by atoms with Crippen LogP contribution in [0.25, 0.3) is 0 Å². The Balaban J connectivity index is 1.93. The number of nitro benzene ring substituents is 1. The van der Waals surface area contributed by atoms with Crippen LogP contribution in [-0.4, -0.2) is 40.6 Å². The molecular formula is C13H13Cl2N3O4. The van der Waals surface area contributed by atoms with Gasteiger partial charge in [0.2, 0.25) is 11.1 Å². The molecule has 1 aliphatic rings. The molecule has 0 unspecified atom stereocenters. The fourth-order valence-corrected chi connectivity index (χ4v) is 2.58. The number of rotatable bonds is 6. The Labute approximate surface area is 136 Å². The second-order valence-electron chi connectivity index (χ2n) is 4.89. The zero-order chi connectivity index (χ0) is 16.3. The number of benzene rings is 1. The second kappa shape index (κ2) is 6.93. The van der Waals surface area contributed by atoms with Gasteiger partial charge in [0.1, 0.15) is 5.69 Å². The van der Waals surface area contributed by atoms with Gasteiger partial charge in [-0.05, 0) is 23.7 Å². The Morgan fingerprint density at radius 2 is 2.23 bits per heavy atom. The summed E-state index contributed by atoms with van der Waals surface area (Å²) in [6.07, 6.45) is 0.115. The minimum atomic E-state index is -0.530. The monoisotopic (exact) mass is 345 g/mol. The van der Waals surface area contributed by atoms with E-state index in [1.54, 1.807) is 6.07 Å². The van der Waals surface area contributed by atoms with Crippen molar-refractivity contribution in [3.05, 3.63) is 33.3 Å². The Hall–Kier alpha value is -1.86. The smallest absolute Gasteiger partial charge is 0.293 e. The molecular weight excluding hydrogens is 333 g/mol. The molecule has 0 saturated carbocycles. The van der Waals surface area contributed by atoms with Crippen molar-refractivity contribution in [2.75, 3.05) is 25.0 Å². The summed E-state index contributed by atoms with van der Waals surface area (Å²) in [6, 6.07) is 4.31. The number of carbonyl (C=O) groups is 2. The van der Waals surface area contributed by atoms with Gasteiger partial charge in [-0.1, -0.05) is 11.6 Å². The van der Waals surface area contributed by atoms with Gasteiger partial charge in [-0.15, -0.1) is 0 Å². The van der Waals surface area contributed by atoms with Crippen LogP contribution in [-0.2, 0) is 9.59 Å². The van der Waals surface area contributed by atoms with E-state index < -0.39 is 16.1 Å². The predicted molar refractivity (Wildman–Crippen MR) is 82.1 cm³/mol. The fraction of sp³-hybridized carbons (Fsp3) is 0.385. The molecule has 1 aliphatic heterocycles. The second-order valence-corrected chi connectivity index (χ2v) is 5.70. The summed E-state index contributed by atoms with van der Waals surface area (Å²) in [4.78, 5) is 34.7. The van der Waals surface area contributed by atoms with Crippen LogP contribution in [0.2, 0.25) is 5.02 Å². The number of likely N-dealkylation sites (tertiary alicyclic amines) is 1. The molecule has 1 aromatic carbocycles. The molecule has 118 valence electrons. The molecule has 7 nitrogen and oxygen atoms in total. The number of nitrogens with zero attached hydrogens (tertiary/aromatic N) is 2. The van der Waals surface area contributed by atoms with Gasteiger partial charge in [-0.25, -0.2) is 0 Å². The first-order valence-electron chi connectivity index (χ1n) is 6.53.